The third-order valence-corrected chi connectivity index (χ3v) is 11.1. The first-order chi connectivity index (χ1) is 30.6. The van der Waals surface area contributed by atoms with Crippen LogP contribution in [0.15, 0.2) is 72.9 Å². The number of unbranched alkanes of at least 4 members (excludes halogenated alkanes) is 16. The van der Waals surface area contributed by atoms with Crippen molar-refractivity contribution in [2.45, 2.75) is 211 Å². The average Bonchev–Trinajstić information content (AvgIpc) is 3.26. The van der Waals surface area contributed by atoms with E-state index in [1.807, 2.05) is 0 Å². The minimum Gasteiger partial charge on any atom is -0.457 e. The molecule has 0 amide bonds. The minimum atomic E-state index is -5.07. The van der Waals surface area contributed by atoms with Crippen molar-refractivity contribution < 1.29 is 56.2 Å². The molecule has 6 atom stereocenters. The first-order valence-corrected chi connectivity index (χ1v) is 25.6. The fourth-order valence-electron chi connectivity index (χ4n) is 6.98. The molecule has 0 saturated carbocycles. The summed E-state index contributed by atoms with van der Waals surface area (Å²) in [5.41, 5.74) is 0. The van der Waals surface area contributed by atoms with Gasteiger partial charge in [0, 0.05) is 13.0 Å². The average molecular weight is 911 g/mol. The Morgan fingerprint density at radius 1 is 0.619 bits per heavy atom. The largest absolute Gasteiger partial charge is 0.457 e. The Hall–Kier alpha value is -2.46. The van der Waals surface area contributed by atoms with Gasteiger partial charge in [-0.2, -0.15) is 8.42 Å². The van der Waals surface area contributed by atoms with Gasteiger partial charge in [-0.15, -0.1) is 0 Å². The molecule has 0 aromatic carbocycles. The number of esters is 1. The normalized spacial score (nSPS) is 20.5. The van der Waals surface area contributed by atoms with Crippen LogP contribution in [0, 0.1) is 0 Å². The van der Waals surface area contributed by atoms with Crippen molar-refractivity contribution in [3.05, 3.63) is 72.9 Å². The summed E-state index contributed by atoms with van der Waals surface area (Å²) in [6.07, 6.45) is 43.7. The van der Waals surface area contributed by atoms with Crippen molar-refractivity contribution in [1.29, 1.82) is 0 Å². The lowest BCUT2D eigenvalue weighted by atomic mass is 9.99. The van der Waals surface area contributed by atoms with Crippen molar-refractivity contribution in [2.24, 2.45) is 0 Å². The fourth-order valence-corrected chi connectivity index (χ4v) is 7.49. The van der Waals surface area contributed by atoms with Crippen LogP contribution in [0.1, 0.15) is 174 Å². The van der Waals surface area contributed by atoms with Crippen LogP contribution in [0.5, 0.6) is 0 Å². The van der Waals surface area contributed by atoms with E-state index in [1.165, 1.54) is 77.0 Å². The lowest BCUT2D eigenvalue weighted by Crippen LogP contribution is -2.60. The first kappa shape index (κ1) is 58.6. The lowest BCUT2D eigenvalue weighted by Gasteiger charge is -2.41. The number of allylic oxidation sites excluding steroid dienone is 12. The molecule has 1 aliphatic heterocycles. The van der Waals surface area contributed by atoms with E-state index < -0.39 is 59.8 Å². The van der Waals surface area contributed by atoms with Crippen LogP contribution in [0.3, 0.4) is 0 Å². The van der Waals surface area contributed by atoms with Crippen LogP contribution in [0.2, 0.25) is 0 Å². The van der Waals surface area contributed by atoms with E-state index in [0.29, 0.717) is 13.0 Å². The Kier molecular flexibility index (Phi) is 38.1. The van der Waals surface area contributed by atoms with E-state index in [1.54, 1.807) is 0 Å². The van der Waals surface area contributed by atoms with Crippen LogP contribution in [-0.4, -0.2) is 97.5 Å². The molecule has 0 radical (unpaired) electrons. The van der Waals surface area contributed by atoms with Crippen LogP contribution < -0.4 is 0 Å². The highest BCUT2D eigenvalue weighted by Crippen LogP contribution is 2.26. The number of hydrogen-bond acceptors (Lipinski definition) is 11. The van der Waals surface area contributed by atoms with E-state index in [4.69, 9.17) is 18.9 Å². The molecule has 63 heavy (non-hydrogen) atoms. The Balaban J connectivity index is 2.45. The van der Waals surface area contributed by atoms with Gasteiger partial charge in [-0.3, -0.25) is 9.35 Å². The second-order valence-electron chi connectivity index (χ2n) is 16.3. The highest BCUT2D eigenvalue weighted by Gasteiger charge is 2.48. The van der Waals surface area contributed by atoms with Gasteiger partial charge in [-0.25, -0.2) is 4.18 Å². The topological polar surface area (TPSA) is 178 Å². The van der Waals surface area contributed by atoms with Crippen molar-refractivity contribution >= 4 is 16.4 Å². The lowest BCUT2D eigenvalue weighted by molar-refractivity contribution is -0.301. The predicted octanol–water partition coefficient (Wildman–Crippen LogP) is 10.7. The number of aliphatic hydroxyl groups is 3. The molecule has 0 spiro atoms. The standard InChI is InChI=1S/C50H86O12S/c1-3-5-7-9-11-13-15-17-19-21-22-23-24-26-28-30-32-34-36-38-40-58-42-44(43-59-50-48(54)49(62-63(55,56)57)47(53)45(41-51)61-50)60-46(52)39-37-35-33-31-29-27-25-20-18-16-14-12-10-8-6-4-2/h5,7,11,13,17,19,22-23,26,28,32,34,44-45,47-51,53-54H,3-4,6,8-10,12,14-16,18,20-21,24-25,27,29-31,33,35-43H2,1-2H3,(H,55,56,57)/b7-5-,13-11-,19-17-,23-22-,28-26-,34-32-. The molecular weight excluding hydrogens is 825 g/mol. The number of rotatable bonds is 41. The molecule has 1 fully saturated rings. The predicted molar refractivity (Wildman–Crippen MR) is 252 cm³/mol. The second kappa shape index (κ2) is 41.0. The molecule has 0 bridgehead atoms. The van der Waals surface area contributed by atoms with Crippen molar-refractivity contribution in [3.8, 4) is 0 Å². The molecule has 1 aliphatic rings. The van der Waals surface area contributed by atoms with E-state index >= 15 is 0 Å². The minimum absolute atomic E-state index is 0.00569. The molecule has 0 aliphatic carbocycles. The molecule has 6 unspecified atom stereocenters. The zero-order valence-electron chi connectivity index (χ0n) is 38.9. The summed E-state index contributed by atoms with van der Waals surface area (Å²) in [4.78, 5) is 12.9. The maximum atomic E-state index is 12.9. The highest BCUT2D eigenvalue weighted by molar-refractivity contribution is 7.80. The van der Waals surface area contributed by atoms with Crippen LogP contribution in [-0.2, 0) is 38.3 Å². The van der Waals surface area contributed by atoms with Crippen molar-refractivity contribution in [1.82, 2.24) is 0 Å². The van der Waals surface area contributed by atoms with Gasteiger partial charge in [0.05, 0.1) is 19.8 Å². The van der Waals surface area contributed by atoms with Gasteiger partial charge in [0.15, 0.2) is 6.29 Å². The highest BCUT2D eigenvalue weighted by atomic mass is 32.3. The summed E-state index contributed by atoms with van der Waals surface area (Å²) < 4.78 is 59.1. The van der Waals surface area contributed by atoms with E-state index in [9.17, 15) is 33.1 Å². The van der Waals surface area contributed by atoms with Crippen molar-refractivity contribution in [3.63, 3.8) is 0 Å². The Labute approximate surface area is 381 Å². The quantitative estimate of drug-likeness (QED) is 0.0198. The Bertz CT molecular complexity index is 1370. The molecule has 364 valence electrons. The smallest absolute Gasteiger partial charge is 0.397 e. The third kappa shape index (κ3) is 34.5. The van der Waals surface area contributed by atoms with Gasteiger partial charge in [-0.05, 0) is 57.8 Å². The molecule has 13 heteroatoms. The van der Waals surface area contributed by atoms with Gasteiger partial charge < -0.3 is 34.3 Å². The number of carbonyl (C=O) groups is 1. The molecule has 4 N–H and O–H groups in total. The summed E-state index contributed by atoms with van der Waals surface area (Å²) in [6.45, 7) is 3.73. The van der Waals surface area contributed by atoms with Gasteiger partial charge in [0.25, 0.3) is 0 Å². The molecule has 1 heterocycles. The number of hydrogen-bond donors (Lipinski definition) is 4. The van der Waals surface area contributed by atoms with E-state index in [-0.39, 0.29) is 19.6 Å². The van der Waals surface area contributed by atoms with Gasteiger partial charge in [0.1, 0.15) is 30.5 Å². The zero-order valence-corrected chi connectivity index (χ0v) is 39.7. The third-order valence-electron chi connectivity index (χ3n) is 10.6. The first-order valence-electron chi connectivity index (χ1n) is 24.2. The second-order valence-corrected chi connectivity index (χ2v) is 17.4. The number of aliphatic hydroxyl groups excluding tert-OH is 3. The SMILES string of the molecule is CC/C=C\C/C=C\C/C=C\C/C=C\C/C=C\C/C=C\CCCOCC(COC1OC(CO)C(O)C(OS(=O)(=O)O)C1O)OC(=O)CCCCCCCCCCCCCCCCCC. The zero-order chi connectivity index (χ0) is 46.1. The maximum absolute atomic E-state index is 12.9. The molecular formula is C50H86O12S. The number of carbonyl (C=O) groups excluding carboxylic acids is 1. The van der Waals surface area contributed by atoms with Crippen LogP contribution in [0.25, 0.3) is 0 Å². The van der Waals surface area contributed by atoms with Crippen LogP contribution in [0.4, 0.5) is 0 Å². The number of ether oxygens (including phenoxy) is 4. The monoisotopic (exact) mass is 911 g/mol. The Morgan fingerprint density at radius 2 is 1.08 bits per heavy atom. The molecule has 1 saturated heterocycles. The summed E-state index contributed by atoms with van der Waals surface area (Å²) in [7, 11) is -5.07. The van der Waals surface area contributed by atoms with Crippen LogP contribution >= 0.6 is 0 Å². The summed E-state index contributed by atoms with van der Waals surface area (Å²) in [5, 5.41) is 30.7. The molecule has 1 rings (SSSR count). The summed E-state index contributed by atoms with van der Waals surface area (Å²) in [6, 6.07) is 0. The van der Waals surface area contributed by atoms with Gasteiger partial charge in [-0.1, -0.05) is 183 Å². The van der Waals surface area contributed by atoms with E-state index in [2.05, 4.69) is 90.9 Å². The van der Waals surface area contributed by atoms with Gasteiger partial charge >= 0.3 is 16.4 Å². The summed E-state index contributed by atoms with van der Waals surface area (Å²) in [5.74, 6) is -0.420. The Morgan fingerprint density at radius 3 is 1.54 bits per heavy atom. The maximum Gasteiger partial charge on any atom is 0.397 e. The summed E-state index contributed by atoms with van der Waals surface area (Å²) >= 11 is 0. The van der Waals surface area contributed by atoms with E-state index in [0.717, 1.165) is 70.6 Å². The molecule has 0 aromatic rings. The molecule has 12 nitrogen and oxygen atoms in total. The van der Waals surface area contributed by atoms with Gasteiger partial charge in [0.2, 0.25) is 0 Å². The molecule has 0 aromatic heterocycles. The van der Waals surface area contributed by atoms with Crippen molar-refractivity contribution in [2.75, 3.05) is 26.4 Å². The fraction of sp³-hybridized carbons (Fsp3) is 0.740.